The largest absolute Gasteiger partial charge is 0.450 e. The number of fused-ring (bicyclic) bond motifs is 5. The van der Waals surface area contributed by atoms with Gasteiger partial charge < -0.3 is 19.3 Å². The molecule has 4 aromatic rings. The van der Waals surface area contributed by atoms with E-state index in [0.717, 1.165) is 23.3 Å². The van der Waals surface area contributed by atoms with E-state index in [0.29, 0.717) is 11.3 Å². The Hall–Kier alpha value is -4.30. The highest BCUT2D eigenvalue weighted by atomic mass is 19.1. The molecule has 1 atom stereocenters. The average molecular weight is 499 g/mol. The third-order valence-electron chi connectivity index (χ3n) is 7.16. The number of benzene rings is 3. The lowest BCUT2D eigenvalue weighted by atomic mass is 9.84. The summed E-state index contributed by atoms with van der Waals surface area (Å²) in [4.78, 5) is 45.1. The molecule has 0 aliphatic carbocycles. The van der Waals surface area contributed by atoms with Gasteiger partial charge in [-0.15, -0.1) is 0 Å². The van der Waals surface area contributed by atoms with E-state index in [1.807, 2.05) is 31.2 Å². The van der Waals surface area contributed by atoms with Crippen molar-refractivity contribution in [2.75, 3.05) is 18.1 Å². The fourth-order valence-electron chi connectivity index (χ4n) is 5.64. The lowest BCUT2D eigenvalue weighted by Gasteiger charge is -2.34. The van der Waals surface area contributed by atoms with E-state index in [4.69, 9.17) is 4.42 Å². The Bertz CT molecular complexity index is 1660. The minimum atomic E-state index is -1.79. The summed E-state index contributed by atoms with van der Waals surface area (Å²) in [6.45, 7) is 1.99. The van der Waals surface area contributed by atoms with Gasteiger partial charge >= 0.3 is 0 Å². The Kier molecular flexibility index (Phi) is 5.24. The monoisotopic (exact) mass is 498 g/mol. The van der Waals surface area contributed by atoms with E-state index in [-0.39, 0.29) is 48.4 Å². The number of para-hydroxylation sites is 1. The predicted molar refractivity (Wildman–Crippen MR) is 135 cm³/mol. The second kappa shape index (κ2) is 8.38. The SMILES string of the molecule is Cc1cccc(CN2C(=O)C3(c4ccccc42)c2c(oc4ccc(F)cc4c2=O)C(=O)N3CCCO)c1. The highest BCUT2D eigenvalue weighted by Gasteiger charge is 2.64. The van der Waals surface area contributed by atoms with Crippen molar-refractivity contribution in [3.8, 4) is 0 Å². The Morgan fingerprint density at radius 1 is 1.00 bits per heavy atom. The quantitative estimate of drug-likeness (QED) is 0.451. The smallest absolute Gasteiger partial charge is 0.291 e. The molecule has 2 aliphatic rings. The van der Waals surface area contributed by atoms with Crippen molar-refractivity contribution in [2.24, 2.45) is 0 Å². The number of aryl methyl sites for hydroxylation is 1. The summed E-state index contributed by atoms with van der Waals surface area (Å²) in [5.74, 6) is -1.95. The minimum Gasteiger partial charge on any atom is -0.450 e. The molecule has 1 spiro atoms. The van der Waals surface area contributed by atoms with Crippen LogP contribution in [0.5, 0.6) is 0 Å². The molecule has 0 saturated heterocycles. The normalized spacial score (nSPS) is 18.2. The van der Waals surface area contributed by atoms with Crippen LogP contribution in [0.2, 0.25) is 0 Å². The van der Waals surface area contributed by atoms with Crippen LogP contribution in [0.4, 0.5) is 10.1 Å². The number of carbonyl (C=O) groups excluding carboxylic acids is 2. The molecule has 1 aromatic heterocycles. The molecule has 8 heteroatoms. The van der Waals surface area contributed by atoms with Crippen LogP contribution in [0.15, 0.2) is 75.9 Å². The molecule has 1 N–H and O–H groups in total. The van der Waals surface area contributed by atoms with Gasteiger partial charge in [-0.25, -0.2) is 4.39 Å². The zero-order valence-electron chi connectivity index (χ0n) is 20.0. The van der Waals surface area contributed by atoms with Gasteiger partial charge in [0.25, 0.3) is 11.8 Å². The topological polar surface area (TPSA) is 91.1 Å². The maximum atomic E-state index is 14.5. The van der Waals surface area contributed by atoms with Gasteiger partial charge in [0.05, 0.1) is 23.2 Å². The van der Waals surface area contributed by atoms with Crippen molar-refractivity contribution in [3.63, 3.8) is 0 Å². The van der Waals surface area contributed by atoms with Crippen LogP contribution < -0.4 is 10.3 Å². The molecule has 2 amide bonds. The van der Waals surface area contributed by atoms with Crippen molar-refractivity contribution < 1.29 is 23.5 Å². The summed E-state index contributed by atoms with van der Waals surface area (Å²) >= 11 is 0. The predicted octanol–water partition coefficient (Wildman–Crippen LogP) is 3.87. The highest BCUT2D eigenvalue weighted by molar-refractivity contribution is 6.17. The molecule has 37 heavy (non-hydrogen) atoms. The van der Waals surface area contributed by atoms with Crippen LogP contribution in [-0.4, -0.2) is 35.0 Å². The number of aliphatic hydroxyl groups is 1. The van der Waals surface area contributed by atoms with Gasteiger partial charge in [-0.3, -0.25) is 14.4 Å². The van der Waals surface area contributed by atoms with Crippen molar-refractivity contribution in [3.05, 3.63) is 111 Å². The first-order valence-corrected chi connectivity index (χ1v) is 12.0. The van der Waals surface area contributed by atoms with E-state index in [9.17, 15) is 23.9 Å². The zero-order chi connectivity index (χ0) is 25.9. The molecule has 7 nitrogen and oxygen atoms in total. The third kappa shape index (κ3) is 3.18. The van der Waals surface area contributed by atoms with Gasteiger partial charge in [0.1, 0.15) is 11.4 Å². The summed E-state index contributed by atoms with van der Waals surface area (Å²) in [6, 6.07) is 18.3. The van der Waals surface area contributed by atoms with E-state index < -0.39 is 28.6 Å². The van der Waals surface area contributed by atoms with Crippen molar-refractivity contribution in [1.82, 2.24) is 4.90 Å². The van der Waals surface area contributed by atoms with E-state index in [1.165, 1.54) is 11.0 Å². The van der Waals surface area contributed by atoms with Gasteiger partial charge in [0.2, 0.25) is 5.76 Å². The standard InChI is InChI=1S/C29H23FN2O5/c1-17-6-4-7-18(14-17)16-31-22-9-3-2-8-21(22)29(28(31)36)24-25(34)20-15-19(30)10-11-23(20)37-26(24)27(35)32(29)12-5-13-33/h2-4,6-11,14-15,33H,5,12-13,16H2,1H3. The first-order valence-electron chi connectivity index (χ1n) is 12.0. The third-order valence-corrected chi connectivity index (χ3v) is 7.16. The summed E-state index contributed by atoms with van der Waals surface area (Å²) < 4.78 is 20.0. The second-order valence-electron chi connectivity index (χ2n) is 9.42. The van der Waals surface area contributed by atoms with Crippen LogP contribution in [0.25, 0.3) is 11.0 Å². The van der Waals surface area contributed by atoms with E-state index in [2.05, 4.69) is 0 Å². The molecule has 186 valence electrons. The van der Waals surface area contributed by atoms with E-state index >= 15 is 0 Å². The zero-order valence-corrected chi connectivity index (χ0v) is 20.0. The molecule has 2 aliphatic heterocycles. The number of hydrogen-bond acceptors (Lipinski definition) is 5. The fraction of sp³-hybridized carbons (Fsp3) is 0.207. The van der Waals surface area contributed by atoms with Gasteiger partial charge in [-0.1, -0.05) is 48.0 Å². The van der Waals surface area contributed by atoms with Crippen LogP contribution in [0.3, 0.4) is 0 Å². The number of halogens is 1. The van der Waals surface area contributed by atoms with E-state index in [1.54, 1.807) is 29.2 Å². The molecule has 3 aromatic carbocycles. The van der Waals surface area contributed by atoms with Gasteiger partial charge in [0, 0.05) is 18.7 Å². The number of hydrogen-bond donors (Lipinski definition) is 1. The Labute approximate surface area is 211 Å². The molecule has 0 saturated carbocycles. The second-order valence-corrected chi connectivity index (χ2v) is 9.42. The Morgan fingerprint density at radius 3 is 2.59 bits per heavy atom. The Morgan fingerprint density at radius 2 is 1.81 bits per heavy atom. The van der Waals surface area contributed by atoms with Crippen LogP contribution >= 0.6 is 0 Å². The van der Waals surface area contributed by atoms with Gasteiger partial charge in [0.15, 0.2) is 11.0 Å². The van der Waals surface area contributed by atoms with Crippen LogP contribution in [0.1, 0.15) is 39.2 Å². The number of carbonyl (C=O) groups is 2. The summed E-state index contributed by atoms with van der Waals surface area (Å²) in [5.41, 5.74) is 0.500. The lowest BCUT2D eigenvalue weighted by Crippen LogP contribution is -2.53. The summed E-state index contributed by atoms with van der Waals surface area (Å²) in [5, 5.41) is 9.53. The summed E-state index contributed by atoms with van der Waals surface area (Å²) in [7, 11) is 0. The molecule has 0 fully saturated rings. The number of aliphatic hydroxyl groups excluding tert-OH is 1. The van der Waals surface area contributed by atoms with Crippen LogP contribution in [0, 0.1) is 12.7 Å². The fourth-order valence-corrected chi connectivity index (χ4v) is 5.64. The number of nitrogens with zero attached hydrogens (tertiary/aromatic N) is 2. The average Bonchev–Trinajstić information content (AvgIpc) is 3.28. The molecule has 0 radical (unpaired) electrons. The molecule has 0 bridgehead atoms. The highest BCUT2D eigenvalue weighted by Crippen LogP contribution is 2.52. The van der Waals surface area contributed by atoms with Crippen molar-refractivity contribution in [1.29, 1.82) is 0 Å². The molecular formula is C29H23FN2O5. The molecule has 3 heterocycles. The Balaban J connectivity index is 1.65. The summed E-state index contributed by atoms with van der Waals surface area (Å²) in [6.07, 6.45) is 0.192. The molecule has 6 rings (SSSR count). The van der Waals surface area contributed by atoms with Gasteiger partial charge in [-0.05, 0) is 43.2 Å². The van der Waals surface area contributed by atoms with Gasteiger partial charge in [-0.2, -0.15) is 0 Å². The minimum absolute atomic E-state index is 0.0159. The lowest BCUT2D eigenvalue weighted by molar-refractivity contribution is -0.126. The first-order chi connectivity index (χ1) is 17.9. The number of rotatable bonds is 5. The van der Waals surface area contributed by atoms with Crippen molar-refractivity contribution in [2.45, 2.75) is 25.4 Å². The molecular weight excluding hydrogens is 475 g/mol. The maximum absolute atomic E-state index is 14.5. The first kappa shape index (κ1) is 23.1. The number of anilines is 1. The van der Waals surface area contributed by atoms with Crippen LogP contribution in [-0.2, 0) is 16.9 Å². The number of amides is 2. The van der Waals surface area contributed by atoms with Crippen molar-refractivity contribution >= 4 is 28.5 Å². The maximum Gasteiger partial charge on any atom is 0.291 e. The molecule has 1 unspecified atom stereocenters.